The second-order valence-corrected chi connectivity index (χ2v) is 23.1. The Bertz CT molecular complexity index is 1790. The number of aromatic nitrogens is 2. The van der Waals surface area contributed by atoms with Crippen LogP contribution in [0.5, 0.6) is 0 Å². The van der Waals surface area contributed by atoms with E-state index in [2.05, 4.69) is 33.2 Å². The van der Waals surface area contributed by atoms with Crippen molar-refractivity contribution in [3.63, 3.8) is 0 Å². The fourth-order valence-electron chi connectivity index (χ4n) is 8.34. The number of aromatic amines is 1. The number of carbonyl (C=O) groups is 1. The van der Waals surface area contributed by atoms with Gasteiger partial charge in [0.15, 0.2) is 0 Å². The molecular weight excluding hydrogens is 956 g/mol. The standard InChI is InChI=1S/C48H89N5O12P2S.Na/c1-5-7-9-11-13-15-17-19-20-21-23-25-27-29-31-33-35-68-40-48(4,64-45(54)34-32-30-28-26-24-22-18-16-14-12-10-8-6-2)39-62-67(59,60)65-66(57,58)61-38-43-42(51-52-49)36-44(63-43)53-37-41(3)46(55)50-47(53)56;/h37,42-44H,5-36,38-40H2,1-4H3,(H,57,58)(H,59,60)(H,50,55,56);. The molecule has 1 saturated heterocycles. The van der Waals surface area contributed by atoms with Crippen LogP contribution in [0.25, 0.3) is 10.4 Å². The van der Waals surface area contributed by atoms with Crippen LogP contribution in [0.4, 0.5) is 0 Å². The summed E-state index contributed by atoms with van der Waals surface area (Å²) in [4.78, 5) is 63.4. The van der Waals surface area contributed by atoms with Crippen LogP contribution in [0.1, 0.15) is 232 Å². The predicted molar refractivity (Wildman–Crippen MR) is 278 cm³/mol. The molecule has 395 valence electrons. The smallest absolute Gasteiger partial charge is 0.456 e. The maximum absolute atomic E-state index is 13.1. The molecule has 0 bridgehead atoms. The monoisotopic (exact) mass is 1040 g/mol. The number of esters is 1. The number of phosphoric ester groups is 2. The number of aryl methyl sites for hydroxylation is 1. The van der Waals surface area contributed by atoms with Crippen LogP contribution in [-0.4, -0.2) is 97.3 Å². The molecule has 0 aliphatic carbocycles. The number of hydrogen-bond acceptors (Lipinski definition) is 12. The van der Waals surface area contributed by atoms with E-state index in [-0.39, 0.29) is 53.7 Å². The summed E-state index contributed by atoms with van der Waals surface area (Å²) in [6.07, 6.45) is 34.8. The molecule has 1 aromatic heterocycles. The van der Waals surface area contributed by atoms with Crippen molar-refractivity contribution in [3.05, 3.63) is 43.0 Å². The maximum Gasteiger partial charge on any atom is 0.481 e. The number of thioether (sulfide) groups is 1. The first-order valence-electron chi connectivity index (χ1n) is 26.1. The van der Waals surface area contributed by atoms with Gasteiger partial charge in [-0.25, -0.2) is 13.9 Å². The molecule has 0 amide bonds. The summed E-state index contributed by atoms with van der Waals surface area (Å²) in [6.45, 7) is 6.23. The van der Waals surface area contributed by atoms with Crippen LogP contribution >= 0.6 is 27.4 Å². The number of phosphoric acid groups is 2. The molecule has 2 heterocycles. The summed E-state index contributed by atoms with van der Waals surface area (Å²) in [5.41, 5.74) is 6.59. The first-order valence-corrected chi connectivity index (χ1v) is 30.3. The molecular formula is C48H89N5NaO12P2S. The molecule has 1 aromatic rings. The minimum atomic E-state index is -5.31. The Morgan fingerprint density at radius 2 is 1.25 bits per heavy atom. The Morgan fingerprint density at radius 1 is 0.797 bits per heavy atom. The predicted octanol–water partition coefficient (Wildman–Crippen LogP) is 13.5. The van der Waals surface area contributed by atoms with Gasteiger partial charge in [-0.15, -0.1) is 0 Å². The van der Waals surface area contributed by atoms with Crippen LogP contribution in [0.3, 0.4) is 0 Å². The van der Waals surface area contributed by atoms with Crippen LogP contribution < -0.4 is 11.2 Å². The number of ether oxygens (including phenoxy) is 2. The van der Waals surface area contributed by atoms with Crippen molar-refractivity contribution in [1.82, 2.24) is 9.55 Å². The number of nitrogens with zero attached hydrogens (tertiary/aromatic N) is 4. The number of azide groups is 1. The van der Waals surface area contributed by atoms with Gasteiger partial charge < -0.3 is 19.3 Å². The molecule has 21 heteroatoms. The normalized spacial score (nSPS) is 18.4. The van der Waals surface area contributed by atoms with Gasteiger partial charge in [-0.1, -0.05) is 192 Å². The first-order chi connectivity index (χ1) is 32.6. The third kappa shape index (κ3) is 32.1. The molecule has 1 aliphatic rings. The van der Waals surface area contributed by atoms with Gasteiger partial charge in [0.25, 0.3) is 5.56 Å². The topological polar surface area (TPSA) is 241 Å². The van der Waals surface area contributed by atoms with Gasteiger partial charge in [0.2, 0.25) is 0 Å². The third-order valence-corrected chi connectivity index (χ3v) is 16.4. The van der Waals surface area contributed by atoms with Crippen molar-refractivity contribution in [2.24, 2.45) is 5.11 Å². The molecule has 2 rings (SSSR count). The summed E-state index contributed by atoms with van der Waals surface area (Å²) in [5, 5.41) is 3.64. The average molecular weight is 1050 g/mol. The summed E-state index contributed by atoms with van der Waals surface area (Å²) >= 11 is 1.54. The van der Waals surface area contributed by atoms with Crippen molar-refractivity contribution >= 4 is 62.9 Å². The summed E-state index contributed by atoms with van der Waals surface area (Å²) in [6, 6.07) is -0.979. The number of unbranched alkanes of at least 4 members (excludes halogenated alkanes) is 27. The van der Waals surface area contributed by atoms with Gasteiger partial charge in [-0.05, 0) is 38.0 Å². The fraction of sp³-hybridized carbons (Fsp3) is 0.896. The zero-order valence-corrected chi connectivity index (χ0v) is 47.7. The summed E-state index contributed by atoms with van der Waals surface area (Å²) < 4.78 is 53.6. The third-order valence-electron chi connectivity index (χ3n) is 12.4. The maximum atomic E-state index is 13.1. The van der Waals surface area contributed by atoms with E-state index < -0.39 is 70.1 Å². The molecule has 69 heavy (non-hydrogen) atoms. The van der Waals surface area contributed by atoms with Crippen molar-refractivity contribution in [2.45, 2.75) is 251 Å². The Morgan fingerprint density at radius 3 is 1.72 bits per heavy atom. The quantitative estimate of drug-likeness (QED) is 0.0105. The number of rotatable bonds is 44. The van der Waals surface area contributed by atoms with Gasteiger partial charge in [0.1, 0.15) is 11.8 Å². The molecule has 0 spiro atoms. The van der Waals surface area contributed by atoms with Crippen LogP contribution in [0.15, 0.2) is 20.9 Å². The Kier molecular flexibility index (Phi) is 37.8. The van der Waals surface area contributed by atoms with E-state index in [0.29, 0.717) is 6.42 Å². The van der Waals surface area contributed by atoms with Gasteiger partial charge in [-0.3, -0.25) is 28.2 Å². The number of hydrogen-bond donors (Lipinski definition) is 3. The molecule has 0 aromatic carbocycles. The van der Waals surface area contributed by atoms with Crippen molar-refractivity contribution in [1.29, 1.82) is 0 Å². The molecule has 1 fully saturated rings. The average Bonchev–Trinajstić information content (AvgIpc) is 3.69. The number of nitrogens with one attached hydrogen (secondary N) is 1. The van der Waals surface area contributed by atoms with E-state index in [0.717, 1.165) is 48.8 Å². The summed E-state index contributed by atoms with van der Waals surface area (Å²) in [5.74, 6) is 0.577. The van der Waals surface area contributed by atoms with Crippen LogP contribution in [0.2, 0.25) is 0 Å². The van der Waals surface area contributed by atoms with E-state index in [1.807, 2.05) is 0 Å². The Labute approximate surface area is 440 Å². The number of carbonyl (C=O) groups excluding carboxylic acids is 1. The van der Waals surface area contributed by atoms with Gasteiger partial charge in [-0.2, -0.15) is 16.1 Å². The van der Waals surface area contributed by atoms with Gasteiger partial charge in [0.05, 0.1) is 25.4 Å². The molecule has 3 N–H and O–H groups in total. The van der Waals surface area contributed by atoms with Crippen molar-refractivity contribution in [2.75, 3.05) is 24.7 Å². The zero-order valence-electron chi connectivity index (χ0n) is 43.1. The van der Waals surface area contributed by atoms with Gasteiger partial charge in [0, 0.05) is 64.8 Å². The molecule has 1 radical (unpaired) electrons. The molecule has 17 nitrogen and oxygen atoms in total. The number of H-pyrrole nitrogens is 1. The molecule has 1 aliphatic heterocycles. The van der Waals surface area contributed by atoms with E-state index >= 15 is 0 Å². The van der Waals surface area contributed by atoms with Crippen LogP contribution in [-0.2, 0) is 36.8 Å². The van der Waals surface area contributed by atoms with Crippen molar-refractivity contribution in [3.8, 4) is 0 Å². The second kappa shape index (κ2) is 39.5. The van der Waals surface area contributed by atoms with Crippen molar-refractivity contribution < 1.29 is 46.5 Å². The Balaban J connectivity index is 0.0000238. The second-order valence-electron chi connectivity index (χ2n) is 19.0. The summed E-state index contributed by atoms with van der Waals surface area (Å²) in [7, 11) is -10.6. The SMILES string of the molecule is CCCCCCCCCCCCCCCCCCSCC(C)(COP(=O)(O)OP(=O)(O)OCC1OC(n2cc(C)c(=O)[nH]c2=O)CC1N=[N+]=[N-])OC(=O)CCCCCCCCCCCCCCC.[Na]. The molecule has 6 unspecified atom stereocenters. The van der Waals surface area contributed by atoms with Gasteiger partial charge >= 0.3 is 27.3 Å². The van der Waals surface area contributed by atoms with E-state index in [1.54, 1.807) is 18.7 Å². The first kappa shape index (κ1) is 66.0. The minimum absolute atomic E-state index is 0. The zero-order chi connectivity index (χ0) is 49.9. The minimum Gasteiger partial charge on any atom is -0.456 e. The van der Waals surface area contributed by atoms with Crippen LogP contribution in [0, 0.1) is 6.92 Å². The molecule has 0 saturated carbocycles. The van der Waals surface area contributed by atoms with E-state index in [1.165, 1.54) is 154 Å². The largest absolute Gasteiger partial charge is 0.481 e. The molecule has 6 atom stereocenters. The van der Waals surface area contributed by atoms with E-state index in [9.17, 15) is 33.3 Å². The van der Waals surface area contributed by atoms with E-state index in [4.69, 9.17) is 24.1 Å². The fourth-order valence-corrected chi connectivity index (χ4v) is 11.7. The Hall–Kier alpha value is -0.970.